The van der Waals surface area contributed by atoms with E-state index in [1.165, 1.54) is 15.9 Å². The van der Waals surface area contributed by atoms with E-state index in [1.807, 2.05) is 4.90 Å². The lowest BCUT2D eigenvalue weighted by Gasteiger charge is -2.34. The average molecular weight is 292 g/mol. The van der Waals surface area contributed by atoms with Crippen molar-refractivity contribution in [3.05, 3.63) is 28.7 Å². The summed E-state index contributed by atoms with van der Waals surface area (Å²) in [4.78, 5) is 17.7. The number of amides is 1. The van der Waals surface area contributed by atoms with Crippen LogP contribution in [0.25, 0.3) is 0 Å². The first-order valence-corrected chi connectivity index (χ1v) is 7.42. The predicted molar refractivity (Wildman–Crippen MR) is 74.0 cm³/mol. The zero-order chi connectivity index (χ0) is 13.8. The van der Waals surface area contributed by atoms with Crippen molar-refractivity contribution in [3.63, 3.8) is 0 Å². The fourth-order valence-electron chi connectivity index (χ4n) is 2.27. The summed E-state index contributed by atoms with van der Waals surface area (Å²) >= 11 is 1.78. The zero-order valence-corrected chi connectivity index (χ0v) is 11.9. The molecule has 8 heteroatoms. The standard InChI is InChI=1S/C12H16N6OS/c19-12(9-18-10-13-14-15-18)17-5-3-16(4-6-17)8-11-2-1-7-20-11/h1-2,7,10H,3-6,8-9H2. The van der Waals surface area contributed by atoms with E-state index in [-0.39, 0.29) is 12.5 Å². The SMILES string of the molecule is O=C(Cn1cnnn1)N1CCN(Cc2cccs2)CC1. The molecule has 0 aromatic carbocycles. The van der Waals surface area contributed by atoms with Crippen molar-refractivity contribution in [3.8, 4) is 0 Å². The molecule has 1 aliphatic rings. The second-order valence-corrected chi connectivity index (χ2v) is 5.78. The third-order valence-electron chi connectivity index (χ3n) is 3.37. The summed E-state index contributed by atoms with van der Waals surface area (Å²) in [6.07, 6.45) is 1.46. The highest BCUT2D eigenvalue weighted by atomic mass is 32.1. The summed E-state index contributed by atoms with van der Waals surface area (Å²) in [5, 5.41) is 12.9. The minimum Gasteiger partial charge on any atom is -0.339 e. The number of nitrogens with zero attached hydrogens (tertiary/aromatic N) is 6. The predicted octanol–water partition coefficient (Wildman–Crippen LogP) is 0.0790. The Morgan fingerprint density at radius 1 is 1.30 bits per heavy atom. The van der Waals surface area contributed by atoms with E-state index >= 15 is 0 Å². The van der Waals surface area contributed by atoms with Gasteiger partial charge in [-0.3, -0.25) is 9.69 Å². The molecule has 20 heavy (non-hydrogen) atoms. The van der Waals surface area contributed by atoms with Crippen LogP contribution >= 0.6 is 11.3 Å². The van der Waals surface area contributed by atoms with Gasteiger partial charge >= 0.3 is 0 Å². The smallest absolute Gasteiger partial charge is 0.244 e. The summed E-state index contributed by atoms with van der Waals surface area (Å²) in [5.41, 5.74) is 0. The second-order valence-electron chi connectivity index (χ2n) is 4.74. The van der Waals surface area contributed by atoms with Gasteiger partial charge in [0.15, 0.2) is 0 Å². The maximum atomic E-state index is 12.1. The summed E-state index contributed by atoms with van der Waals surface area (Å²) in [5.74, 6) is 0.0769. The first-order valence-electron chi connectivity index (χ1n) is 6.54. The number of hydrogen-bond acceptors (Lipinski definition) is 6. The van der Waals surface area contributed by atoms with Crippen molar-refractivity contribution in [1.29, 1.82) is 0 Å². The molecule has 0 unspecified atom stereocenters. The molecule has 0 N–H and O–H groups in total. The molecule has 7 nitrogen and oxygen atoms in total. The molecule has 1 fully saturated rings. The molecule has 0 atom stereocenters. The maximum absolute atomic E-state index is 12.1. The van der Waals surface area contributed by atoms with Gasteiger partial charge in [-0.2, -0.15) is 0 Å². The van der Waals surface area contributed by atoms with E-state index < -0.39 is 0 Å². The lowest BCUT2D eigenvalue weighted by molar-refractivity contribution is -0.133. The Morgan fingerprint density at radius 3 is 2.80 bits per heavy atom. The number of carbonyl (C=O) groups excluding carboxylic acids is 1. The van der Waals surface area contributed by atoms with Gasteiger partial charge in [0.2, 0.25) is 5.91 Å². The number of tetrazole rings is 1. The van der Waals surface area contributed by atoms with Crippen LogP contribution in [0.5, 0.6) is 0 Å². The van der Waals surface area contributed by atoms with Gasteiger partial charge in [0.25, 0.3) is 0 Å². The van der Waals surface area contributed by atoms with Crippen molar-refractivity contribution < 1.29 is 4.79 Å². The molecule has 1 saturated heterocycles. The average Bonchev–Trinajstić information content (AvgIpc) is 3.13. The van der Waals surface area contributed by atoms with E-state index in [0.717, 1.165) is 32.7 Å². The van der Waals surface area contributed by atoms with Crippen LogP contribution in [0.3, 0.4) is 0 Å². The second kappa shape index (κ2) is 6.10. The van der Waals surface area contributed by atoms with Crippen LogP contribution in [0.2, 0.25) is 0 Å². The third-order valence-corrected chi connectivity index (χ3v) is 4.23. The van der Waals surface area contributed by atoms with Crippen LogP contribution in [0.1, 0.15) is 4.88 Å². The van der Waals surface area contributed by atoms with Crippen molar-refractivity contribution in [2.24, 2.45) is 0 Å². The molecule has 1 amide bonds. The minimum atomic E-state index is 0.0769. The Morgan fingerprint density at radius 2 is 2.15 bits per heavy atom. The van der Waals surface area contributed by atoms with Gasteiger partial charge < -0.3 is 4.90 Å². The fourth-order valence-corrected chi connectivity index (χ4v) is 3.02. The number of thiophene rings is 1. The maximum Gasteiger partial charge on any atom is 0.244 e. The van der Waals surface area contributed by atoms with Crippen molar-refractivity contribution in [1.82, 2.24) is 30.0 Å². The molecule has 106 valence electrons. The molecular weight excluding hydrogens is 276 g/mol. The van der Waals surface area contributed by atoms with Crippen molar-refractivity contribution in [2.75, 3.05) is 26.2 Å². The minimum absolute atomic E-state index is 0.0769. The van der Waals surface area contributed by atoms with Gasteiger partial charge in [-0.1, -0.05) is 6.07 Å². The van der Waals surface area contributed by atoms with Gasteiger partial charge in [0, 0.05) is 37.6 Å². The number of aromatic nitrogens is 4. The molecule has 0 bridgehead atoms. The van der Waals surface area contributed by atoms with Crippen LogP contribution in [0, 0.1) is 0 Å². The Balaban J connectivity index is 1.47. The normalized spacial score (nSPS) is 16.5. The van der Waals surface area contributed by atoms with Crippen LogP contribution in [0.4, 0.5) is 0 Å². The number of rotatable bonds is 4. The van der Waals surface area contributed by atoms with Crippen molar-refractivity contribution >= 4 is 17.2 Å². The molecule has 0 saturated carbocycles. The van der Waals surface area contributed by atoms with Gasteiger partial charge in [-0.25, -0.2) is 4.68 Å². The third kappa shape index (κ3) is 3.20. The van der Waals surface area contributed by atoms with E-state index in [0.29, 0.717) is 0 Å². The van der Waals surface area contributed by atoms with Gasteiger partial charge in [0.05, 0.1) is 0 Å². The monoisotopic (exact) mass is 292 g/mol. The molecule has 1 aliphatic heterocycles. The topological polar surface area (TPSA) is 67.2 Å². The molecule has 2 aromatic rings. The fraction of sp³-hybridized carbons (Fsp3) is 0.500. The van der Waals surface area contributed by atoms with Crippen LogP contribution in [0.15, 0.2) is 23.8 Å². The Hall–Kier alpha value is -1.80. The Bertz CT molecular complexity index is 532. The van der Waals surface area contributed by atoms with E-state index in [9.17, 15) is 4.79 Å². The molecule has 3 rings (SSSR count). The lowest BCUT2D eigenvalue weighted by atomic mass is 10.3. The number of carbonyl (C=O) groups is 1. The van der Waals surface area contributed by atoms with Crippen LogP contribution < -0.4 is 0 Å². The summed E-state index contributed by atoms with van der Waals surface area (Å²) in [6.45, 7) is 4.57. The van der Waals surface area contributed by atoms with E-state index in [1.54, 1.807) is 11.3 Å². The first-order chi connectivity index (χ1) is 9.81. The van der Waals surface area contributed by atoms with Crippen LogP contribution in [-0.4, -0.2) is 62.1 Å². The summed E-state index contributed by atoms with van der Waals surface area (Å²) in [6, 6.07) is 4.23. The molecule has 0 radical (unpaired) electrons. The van der Waals surface area contributed by atoms with Crippen LogP contribution in [-0.2, 0) is 17.9 Å². The number of hydrogen-bond donors (Lipinski definition) is 0. The number of piperazine rings is 1. The molecule has 3 heterocycles. The summed E-state index contributed by atoms with van der Waals surface area (Å²) in [7, 11) is 0. The summed E-state index contributed by atoms with van der Waals surface area (Å²) < 4.78 is 1.46. The van der Waals surface area contributed by atoms with Gasteiger partial charge in [-0.15, -0.1) is 16.4 Å². The highest BCUT2D eigenvalue weighted by Crippen LogP contribution is 2.13. The van der Waals surface area contributed by atoms with Gasteiger partial charge in [0.1, 0.15) is 12.9 Å². The highest BCUT2D eigenvalue weighted by molar-refractivity contribution is 7.09. The molecule has 2 aromatic heterocycles. The Labute approximate surface area is 120 Å². The molecule has 0 aliphatic carbocycles. The highest BCUT2D eigenvalue weighted by Gasteiger charge is 2.21. The quantitative estimate of drug-likeness (QED) is 0.798. The van der Waals surface area contributed by atoms with E-state index in [4.69, 9.17) is 0 Å². The Kier molecular flexibility index (Phi) is 4.03. The van der Waals surface area contributed by atoms with Crippen molar-refractivity contribution in [2.45, 2.75) is 13.1 Å². The van der Waals surface area contributed by atoms with Gasteiger partial charge in [-0.05, 0) is 21.9 Å². The lowest BCUT2D eigenvalue weighted by Crippen LogP contribution is -2.49. The molecule has 0 spiro atoms. The zero-order valence-electron chi connectivity index (χ0n) is 11.1. The molecular formula is C12H16N6OS. The largest absolute Gasteiger partial charge is 0.339 e. The first kappa shape index (κ1) is 13.2. The van der Waals surface area contributed by atoms with E-state index in [2.05, 4.69) is 37.9 Å².